The standard InChI is InChI=1S/C21H24BrNO5/c1-11(2)27-18-8-14(9-19(20(18)22)28-12(3)4)21(26)23-15-6-7-16(13(5)24)17(25)10-15/h6-12,25H,1-5H3,(H,23,26). The van der Waals surface area contributed by atoms with Gasteiger partial charge in [0.2, 0.25) is 0 Å². The highest BCUT2D eigenvalue weighted by Crippen LogP contribution is 2.37. The molecular formula is C21H24BrNO5. The van der Waals surface area contributed by atoms with Crippen LogP contribution in [0.4, 0.5) is 5.69 Å². The average Bonchev–Trinajstić information content (AvgIpc) is 2.57. The molecule has 6 nitrogen and oxygen atoms in total. The number of ketones is 1. The summed E-state index contributed by atoms with van der Waals surface area (Å²) in [6, 6.07) is 7.61. The molecule has 0 spiro atoms. The number of carbonyl (C=O) groups is 2. The number of rotatable bonds is 7. The van der Waals surface area contributed by atoms with Crippen LogP contribution in [0.5, 0.6) is 17.2 Å². The highest BCUT2D eigenvalue weighted by molar-refractivity contribution is 9.10. The van der Waals surface area contributed by atoms with Gasteiger partial charge < -0.3 is 19.9 Å². The van der Waals surface area contributed by atoms with Gasteiger partial charge in [0.25, 0.3) is 5.91 Å². The molecule has 1 amide bonds. The zero-order valence-corrected chi connectivity index (χ0v) is 18.1. The Hall–Kier alpha value is -2.54. The third-order valence-electron chi connectivity index (χ3n) is 3.63. The van der Waals surface area contributed by atoms with Gasteiger partial charge in [0.1, 0.15) is 21.7 Å². The molecule has 2 N–H and O–H groups in total. The zero-order chi connectivity index (χ0) is 21.0. The van der Waals surface area contributed by atoms with Crippen molar-refractivity contribution in [1.82, 2.24) is 0 Å². The summed E-state index contributed by atoms with van der Waals surface area (Å²) < 4.78 is 12.2. The second kappa shape index (κ2) is 9.10. The fourth-order valence-corrected chi connectivity index (χ4v) is 2.91. The smallest absolute Gasteiger partial charge is 0.255 e. The van der Waals surface area contributed by atoms with Gasteiger partial charge in [0.05, 0.1) is 17.8 Å². The molecule has 0 saturated heterocycles. The summed E-state index contributed by atoms with van der Waals surface area (Å²) in [4.78, 5) is 24.2. The van der Waals surface area contributed by atoms with E-state index < -0.39 is 5.91 Å². The third-order valence-corrected chi connectivity index (χ3v) is 4.41. The summed E-state index contributed by atoms with van der Waals surface area (Å²) in [5.74, 6) is 0.147. The van der Waals surface area contributed by atoms with Gasteiger partial charge in [-0.05, 0) is 74.8 Å². The van der Waals surface area contributed by atoms with E-state index in [1.165, 1.54) is 19.1 Å². The van der Waals surface area contributed by atoms with E-state index >= 15 is 0 Å². The molecular weight excluding hydrogens is 426 g/mol. The quantitative estimate of drug-likeness (QED) is 0.568. The lowest BCUT2D eigenvalue weighted by atomic mass is 10.1. The lowest BCUT2D eigenvalue weighted by molar-refractivity contribution is 0.101. The van der Waals surface area contributed by atoms with Crippen molar-refractivity contribution in [2.45, 2.75) is 46.8 Å². The number of nitrogens with one attached hydrogen (secondary N) is 1. The molecule has 0 aliphatic carbocycles. The number of anilines is 1. The first-order valence-electron chi connectivity index (χ1n) is 8.90. The zero-order valence-electron chi connectivity index (χ0n) is 16.5. The van der Waals surface area contributed by atoms with Crippen molar-refractivity contribution in [3.8, 4) is 17.2 Å². The Balaban J connectivity index is 2.35. The number of phenols is 1. The number of hydrogen-bond donors (Lipinski definition) is 2. The first-order valence-corrected chi connectivity index (χ1v) is 9.70. The number of carbonyl (C=O) groups excluding carboxylic acids is 2. The van der Waals surface area contributed by atoms with Gasteiger partial charge in [0, 0.05) is 17.3 Å². The van der Waals surface area contributed by atoms with Crippen LogP contribution in [0.25, 0.3) is 0 Å². The lowest BCUT2D eigenvalue weighted by Crippen LogP contribution is -2.15. The molecule has 2 aromatic carbocycles. The van der Waals surface area contributed by atoms with Crippen molar-refractivity contribution in [2.75, 3.05) is 5.32 Å². The Bertz CT molecular complexity index is 861. The lowest BCUT2D eigenvalue weighted by Gasteiger charge is -2.18. The first kappa shape index (κ1) is 21.8. The Labute approximate surface area is 173 Å². The predicted octanol–water partition coefficient (Wildman–Crippen LogP) is 5.18. The van der Waals surface area contributed by atoms with E-state index in [0.717, 1.165) is 0 Å². The molecule has 0 unspecified atom stereocenters. The van der Waals surface area contributed by atoms with E-state index in [-0.39, 0.29) is 29.3 Å². The van der Waals surface area contributed by atoms with E-state index in [2.05, 4.69) is 21.2 Å². The molecule has 7 heteroatoms. The van der Waals surface area contributed by atoms with Crippen LogP contribution in [0, 0.1) is 0 Å². The average molecular weight is 450 g/mol. The minimum Gasteiger partial charge on any atom is -0.507 e. The number of Topliss-reactive ketones (excluding diaryl/α,β-unsaturated/α-hetero) is 1. The van der Waals surface area contributed by atoms with Crippen LogP contribution in [-0.4, -0.2) is 29.0 Å². The number of amides is 1. The van der Waals surface area contributed by atoms with E-state index in [1.54, 1.807) is 18.2 Å². The van der Waals surface area contributed by atoms with Gasteiger partial charge in [0.15, 0.2) is 5.78 Å². The number of benzene rings is 2. The summed E-state index contributed by atoms with van der Waals surface area (Å²) in [5.41, 5.74) is 0.902. The van der Waals surface area contributed by atoms with E-state index in [0.29, 0.717) is 27.2 Å². The number of hydrogen-bond acceptors (Lipinski definition) is 5. The highest BCUT2D eigenvalue weighted by atomic mass is 79.9. The van der Waals surface area contributed by atoms with Crippen LogP contribution in [0.3, 0.4) is 0 Å². The Morgan fingerprint density at radius 2 is 1.54 bits per heavy atom. The van der Waals surface area contributed by atoms with E-state index in [1.807, 2.05) is 27.7 Å². The molecule has 2 aromatic rings. The van der Waals surface area contributed by atoms with Crippen LogP contribution in [0.2, 0.25) is 0 Å². The van der Waals surface area contributed by atoms with Crippen molar-refractivity contribution in [2.24, 2.45) is 0 Å². The highest BCUT2D eigenvalue weighted by Gasteiger charge is 2.18. The molecule has 0 atom stereocenters. The largest absolute Gasteiger partial charge is 0.507 e. The van der Waals surface area contributed by atoms with E-state index in [9.17, 15) is 14.7 Å². The fourth-order valence-electron chi connectivity index (χ4n) is 2.49. The van der Waals surface area contributed by atoms with E-state index in [4.69, 9.17) is 9.47 Å². The summed E-state index contributed by atoms with van der Waals surface area (Å²) in [5, 5.41) is 12.7. The third kappa shape index (κ3) is 5.48. The monoisotopic (exact) mass is 449 g/mol. The maximum absolute atomic E-state index is 12.7. The fraction of sp³-hybridized carbons (Fsp3) is 0.333. The molecule has 0 aliphatic heterocycles. The summed E-state index contributed by atoms with van der Waals surface area (Å²) in [6.07, 6.45) is -0.171. The van der Waals surface area contributed by atoms with Crippen molar-refractivity contribution >= 4 is 33.3 Å². The summed E-state index contributed by atoms with van der Waals surface area (Å²) in [6.45, 7) is 8.92. The maximum Gasteiger partial charge on any atom is 0.255 e. The maximum atomic E-state index is 12.7. The van der Waals surface area contributed by atoms with Crippen molar-refractivity contribution in [3.63, 3.8) is 0 Å². The number of ether oxygens (including phenoxy) is 2. The Morgan fingerprint density at radius 1 is 1.00 bits per heavy atom. The molecule has 0 fully saturated rings. The van der Waals surface area contributed by atoms with Crippen LogP contribution >= 0.6 is 15.9 Å². The van der Waals surface area contributed by atoms with Gasteiger partial charge >= 0.3 is 0 Å². The second-order valence-corrected chi connectivity index (χ2v) is 7.65. The molecule has 2 rings (SSSR count). The van der Waals surface area contributed by atoms with Crippen molar-refractivity contribution < 1.29 is 24.2 Å². The first-order chi connectivity index (χ1) is 13.1. The number of phenolic OH excluding ortho intramolecular Hbond substituents is 1. The van der Waals surface area contributed by atoms with Crippen LogP contribution in [0.1, 0.15) is 55.3 Å². The molecule has 0 saturated carbocycles. The van der Waals surface area contributed by atoms with Gasteiger partial charge in [-0.1, -0.05) is 0 Å². The van der Waals surface area contributed by atoms with Gasteiger partial charge in [-0.15, -0.1) is 0 Å². The molecule has 0 aliphatic rings. The van der Waals surface area contributed by atoms with Crippen LogP contribution in [0.15, 0.2) is 34.8 Å². The summed E-state index contributed by atoms with van der Waals surface area (Å²) >= 11 is 3.47. The Morgan fingerprint density at radius 3 is 1.96 bits per heavy atom. The Kier molecular flexibility index (Phi) is 7.07. The molecule has 28 heavy (non-hydrogen) atoms. The normalized spacial score (nSPS) is 10.9. The van der Waals surface area contributed by atoms with Gasteiger partial charge in [-0.2, -0.15) is 0 Å². The molecule has 0 radical (unpaired) electrons. The molecule has 150 valence electrons. The SMILES string of the molecule is CC(=O)c1ccc(NC(=O)c2cc(OC(C)C)c(Br)c(OC(C)C)c2)cc1O. The predicted molar refractivity (Wildman–Crippen MR) is 112 cm³/mol. The molecule has 0 aromatic heterocycles. The van der Waals surface area contributed by atoms with Crippen LogP contribution < -0.4 is 14.8 Å². The summed E-state index contributed by atoms with van der Waals surface area (Å²) in [7, 11) is 0. The van der Waals surface area contributed by atoms with Gasteiger partial charge in [-0.3, -0.25) is 9.59 Å². The topological polar surface area (TPSA) is 84.9 Å². The van der Waals surface area contributed by atoms with Crippen molar-refractivity contribution in [1.29, 1.82) is 0 Å². The minimum absolute atomic E-state index is 0.0856. The number of aromatic hydroxyl groups is 1. The van der Waals surface area contributed by atoms with Gasteiger partial charge in [-0.25, -0.2) is 0 Å². The molecule has 0 bridgehead atoms. The van der Waals surface area contributed by atoms with Crippen LogP contribution in [-0.2, 0) is 0 Å². The minimum atomic E-state index is -0.398. The van der Waals surface area contributed by atoms with Crippen molar-refractivity contribution in [3.05, 3.63) is 45.9 Å². The number of halogens is 1. The molecule has 0 heterocycles. The second-order valence-electron chi connectivity index (χ2n) is 6.86.